The lowest BCUT2D eigenvalue weighted by molar-refractivity contribution is -0.136. The molecule has 0 radical (unpaired) electrons. The molecule has 0 aromatic heterocycles. The predicted octanol–water partition coefficient (Wildman–Crippen LogP) is 3.74. The average molecular weight is 387 g/mol. The van der Waals surface area contributed by atoms with E-state index in [1.165, 1.54) is 0 Å². The van der Waals surface area contributed by atoms with Crippen molar-refractivity contribution >= 4 is 11.9 Å². The van der Waals surface area contributed by atoms with Gasteiger partial charge in [-0.15, -0.1) is 0 Å². The molecule has 0 saturated carbocycles. The van der Waals surface area contributed by atoms with Crippen molar-refractivity contribution in [2.45, 2.75) is 18.9 Å². The minimum absolute atomic E-state index is 0.0562. The molecule has 1 aliphatic carbocycles. The maximum absolute atomic E-state index is 12.9. The molecule has 0 heterocycles. The molecule has 1 aliphatic rings. The molecule has 3 aromatic rings. The molecule has 0 saturated heterocycles. The quantitative estimate of drug-likeness (QED) is 0.629. The summed E-state index contributed by atoms with van der Waals surface area (Å²) in [5.74, 6) is -1.60. The van der Waals surface area contributed by atoms with Gasteiger partial charge in [0, 0.05) is 12.5 Å². The van der Waals surface area contributed by atoms with E-state index in [1.54, 1.807) is 18.2 Å². The molecule has 0 aliphatic heterocycles. The number of ether oxygens (including phenoxy) is 1. The van der Waals surface area contributed by atoms with E-state index in [4.69, 9.17) is 10.5 Å². The second kappa shape index (κ2) is 7.89. The maximum Gasteiger partial charge on any atom is 0.338 e. The van der Waals surface area contributed by atoms with E-state index in [2.05, 4.69) is 24.3 Å². The van der Waals surface area contributed by atoms with Crippen LogP contribution < -0.4 is 5.73 Å². The molecule has 0 amide bonds. The van der Waals surface area contributed by atoms with E-state index in [1.807, 2.05) is 24.3 Å². The summed E-state index contributed by atoms with van der Waals surface area (Å²) in [4.78, 5) is 24.1. The van der Waals surface area contributed by atoms with Crippen LogP contribution in [-0.2, 0) is 22.5 Å². The van der Waals surface area contributed by atoms with Gasteiger partial charge in [-0.3, -0.25) is 4.79 Å². The summed E-state index contributed by atoms with van der Waals surface area (Å²) in [5.41, 5.74) is 11.6. The smallest absolute Gasteiger partial charge is 0.338 e. The molecule has 3 N–H and O–H groups in total. The summed E-state index contributed by atoms with van der Waals surface area (Å²) in [5, 5.41) is 9.17. The first kappa shape index (κ1) is 18.9. The van der Waals surface area contributed by atoms with Crippen molar-refractivity contribution in [1.82, 2.24) is 0 Å². The van der Waals surface area contributed by atoms with Gasteiger partial charge in [-0.25, -0.2) is 4.79 Å². The van der Waals surface area contributed by atoms with Gasteiger partial charge in [0.25, 0.3) is 0 Å². The second-order valence-corrected chi connectivity index (χ2v) is 7.05. The summed E-state index contributed by atoms with van der Waals surface area (Å²) < 4.78 is 5.70. The van der Waals surface area contributed by atoms with Gasteiger partial charge in [0.05, 0.1) is 12.0 Å². The number of hydrogen-bond donors (Lipinski definition) is 2. The Morgan fingerprint density at radius 3 is 2.03 bits per heavy atom. The molecule has 0 bridgehead atoms. The molecule has 5 heteroatoms. The van der Waals surface area contributed by atoms with Gasteiger partial charge in [0.2, 0.25) is 0 Å². The zero-order chi connectivity index (χ0) is 20.4. The Bertz CT molecular complexity index is 1040. The number of nitrogens with two attached hydrogens (primary N) is 1. The van der Waals surface area contributed by atoms with Crippen molar-refractivity contribution in [3.8, 4) is 11.1 Å². The van der Waals surface area contributed by atoms with Gasteiger partial charge in [0.1, 0.15) is 6.61 Å². The van der Waals surface area contributed by atoms with E-state index >= 15 is 0 Å². The third kappa shape index (κ3) is 3.52. The number of hydrogen-bond acceptors (Lipinski definition) is 4. The van der Waals surface area contributed by atoms with Crippen LogP contribution >= 0.6 is 0 Å². The number of fused-ring (bicyclic) bond motifs is 3. The third-order valence-electron chi connectivity index (χ3n) is 5.35. The predicted molar refractivity (Wildman–Crippen MR) is 110 cm³/mol. The molecule has 0 spiro atoms. The minimum Gasteiger partial charge on any atom is -0.481 e. The van der Waals surface area contributed by atoms with E-state index in [0.29, 0.717) is 11.1 Å². The van der Waals surface area contributed by atoms with E-state index in [-0.39, 0.29) is 31.1 Å². The number of esters is 1. The highest BCUT2D eigenvalue weighted by Crippen LogP contribution is 2.44. The summed E-state index contributed by atoms with van der Waals surface area (Å²) in [6.07, 6.45) is -0.257. The number of benzene rings is 3. The van der Waals surface area contributed by atoms with Crippen LogP contribution in [0.5, 0.6) is 0 Å². The Kier molecular flexibility index (Phi) is 5.14. The average Bonchev–Trinajstić information content (AvgIpc) is 3.05. The Morgan fingerprint density at radius 2 is 1.45 bits per heavy atom. The molecular formula is C24H21NO4. The summed E-state index contributed by atoms with van der Waals surface area (Å²) in [6.45, 7) is 0.311. The Morgan fingerprint density at radius 1 is 0.862 bits per heavy atom. The fourth-order valence-corrected chi connectivity index (χ4v) is 4.07. The first-order chi connectivity index (χ1) is 14.1. The van der Waals surface area contributed by atoms with E-state index < -0.39 is 11.9 Å². The highest BCUT2D eigenvalue weighted by atomic mass is 16.5. The standard InChI is InChI=1S/C24H21NO4/c25-13-16-7-5-6-15(12-22(26)27)23(16)24(28)29-14-21-19-10-3-1-8-17(19)18-9-2-4-11-20(18)21/h1-11,21H,12-14,25H2,(H,26,27). The molecule has 146 valence electrons. The third-order valence-corrected chi connectivity index (χ3v) is 5.35. The lowest BCUT2D eigenvalue weighted by Crippen LogP contribution is -2.18. The van der Waals surface area contributed by atoms with E-state index in [0.717, 1.165) is 22.3 Å². The lowest BCUT2D eigenvalue weighted by atomic mass is 9.97. The largest absolute Gasteiger partial charge is 0.481 e. The van der Waals surface area contributed by atoms with Crippen LogP contribution in [0.2, 0.25) is 0 Å². The summed E-state index contributed by atoms with van der Waals surface area (Å²) >= 11 is 0. The number of carbonyl (C=O) groups excluding carboxylic acids is 1. The molecule has 3 aromatic carbocycles. The SMILES string of the molecule is NCc1cccc(CC(=O)O)c1C(=O)OCC1c2ccccc2-c2ccccc21. The second-order valence-electron chi connectivity index (χ2n) is 7.05. The van der Waals surface area contributed by atoms with Crippen molar-refractivity contribution < 1.29 is 19.4 Å². The molecule has 0 fully saturated rings. The molecule has 29 heavy (non-hydrogen) atoms. The van der Waals surface area contributed by atoms with Crippen LogP contribution in [0.25, 0.3) is 11.1 Å². The van der Waals surface area contributed by atoms with Gasteiger partial charge in [-0.2, -0.15) is 0 Å². The monoisotopic (exact) mass is 387 g/mol. The van der Waals surface area contributed by atoms with Crippen molar-refractivity contribution in [2.24, 2.45) is 5.73 Å². The highest BCUT2D eigenvalue weighted by molar-refractivity contribution is 5.94. The number of carboxylic acid groups (broad SMARTS) is 1. The van der Waals surface area contributed by atoms with Crippen LogP contribution in [0.4, 0.5) is 0 Å². The van der Waals surface area contributed by atoms with Crippen LogP contribution in [-0.4, -0.2) is 23.7 Å². The van der Waals surface area contributed by atoms with Crippen molar-refractivity contribution in [3.05, 3.63) is 94.5 Å². The van der Waals surface area contributed by atoms with Gasteiger partial charge < -0.3 is 15.6 Å². The lowest BCUT2D eigenvalue weighted by Gasteiger charge is -2.16. The van der Waals surface area contributed by atoms with Gasteiger partial charge in [-0.05, 0) is 33.4 Å². The van der Waals surface area contributed by atoms with Crippen LogP contribution in [0.3, 0.4) is 0 Å². The fraction of sp³-hybridized carbons (Fsp3) is 0.167. The number of aliphatic carboxylic acids is 1. The Hall–Kier alpha value is -3.44. The first-order valence-corrected chi connectivity index (χ1v) is 9.48. The summed E-state index contributed by atoms with van der Waals surface area (Å²) in [7, 11) is 0. The number of carbonyl (C=O) groups is 2. The van der Waals surface area contributed by atoms with Crippen molar-refractivity contribution in [2.75, 3.05) is 6.61 Å². The molecular weight excluding hydrogens is 366 g/mol. The van der Waals surface area contributed by atoms with Gasteiger partial charge >= 0.3 is 11.9 Å². The highest BCUT2D eigenvalue weighted by Gasteiger charge is 2.29. The van der Waals surface area contributed by atoms with Crippen LogP contribution in [0, 0.1) is 0 Å². The van der Waals surface area contributed by atoms with Crippen LogP contribution in [0.1, 0.15) is 38.5 Å². The normalized spacial score (nSPS) is 12.3. The topological polar surface area (TPSA) is 89.6 Å². The Balaban J connectivity index is 1.62. The first-order valence-electron chi connectivity index (χ1n) is 9.48. The Labute approximate surface area is 168 Å². The molecule has 0 atom stereocenters. The number of carboxylic acids is 1. The zero-order valence-corrected chi connectivity index (χ0v) is 15.8. The number of rotatable bonds is 6. The van der Waals surface area contributed by atoms with Gasteiger partial charge in [0.15, 0.2) is 0 Å². The van der Waals surface area contributed by atoms with Gasteiger partial charge in [-0.1, -0.05) is 66.7 Å². The molecule has 0 unspecified atom stereocenters. The maximum atomic E-state index is 12.9. The summed E-state index contributed by atoms with van der Waals surface area (Å²) in [6, 6.07) is 21.3. The van der Waals surface area contributed by atoms with E-state index in [9.17, 15) is 14.7 Å². The molecule has 5 nitrogen and oxygen atoms in total. The van der Waals surface area contributed by atoms with Crippen molar-refractivity contribution in [1.29, 1.82) is 0 Å². The molecule has 4 rings (SSSR count). The zero-order valence-electron chi connectivity index (χ0n) is 15.8. The minimum atomic E-state index is -1.01. The van der Waals surface area contributed by atoms with Crippen molar-refractivity contribution in [3.63, 3.8) is 0 Å². The van der Waals surface area contributed by atoms with Crippen LogP contribution in [0.15, 0.2) is 66.7 Å². The fourth-order valence-electron chi connectivity index (χ4n) is 4.07.